The second-order valence-electron chi connectivity index (χ2n) is 2.90. The van der Waals surface area contributed by atoms with E-state index in [0.717, 1.165) is 0 Å². The Hall–Kier alpha value is -0.950. The minimum Gasteiger partial charge on any atom is -0.469 e. The fourth-order valence-corrected chi connectivity index (χ4v) is 2.52. The summed E-state index contributed by atoms with van der Waals surface area (Å²) in [6.45, 7) is 4.00. The number of benzene rings is 1. The number of carbonyl (C=O) groups is 1. The minimum absolute atomic E-state index is 0.0487. The van der Waals surface area contributed by atoms with Crippen molar-refractivity contribution in [1.82, 2.24) is 0 Å². The third-order valence-corrected chi connectivity index (χ3v) is 3.30. The first-order chi connectivity index (χ1) is 8.45. The number of nitro groups is 1. The van der Waals surface area contributed by atoms with Gasteiger partial charge in [-0.1, -0.05) is 45.7 Å². The first kappa shape index (κ1) is 17.1. The Bertz CT molecular complexity index is 426. The van der Waals surface area contributed by atoms with Crippen LogP contribution in [0.4, 0.5) is 5.69 Å². The van der Waals surface area contributed by atoms with Gasteiger partial charge in [0, 0.05) is 21.1 Å². The molecule has 0 amide bonds. The number of halogens is 2. The molecule has 0 heterocycles. The largest absolute Gasteiger partial charge is 0.469 e. The molecule has 0 aliphatic rings. The molecule has 0 fully saturated rings. The van der Waals surface area contributed by atoms with Gasteiger partial charge in [-0.3, -0.25) is 14.9 Å². The molecule has 0 saturated carbocycles. The van der Waals surface area contributed by atoms with Crippen molar-refractivity contribution < 1.29 is 14.5 Å². The number of nitro benzene ring substituents is 1. The average Bonchev–Trinajstić information content (AvgIpc) is 2.35. The monoisotopic (exact) mass is 381 g/mol. The number of rotatable bonds is 3. The van der Waals surface area contributed by atoms with Crippen LogP contribution in [0.3, 0.4) is 0 Å². The lowest BCUT2D eigenvalue weighted by Crippen LogP contribution is -2.06. The Labute approximate surface area is 122 Å². The molecular weight excluding hydrogens is 370 g/mol. The van der Waals surface area contributed by atoms with E-state index in [4.69, 9.17) is 0 Å². The SMILES string of the molecule is CC.COC(=O)Cc1c(Br)cc([N+](=O)[O-])cc1Br. The summed E-state index contributed by atoms with van der Waals surface area (Å²) in [4.78, 5) is 21.2. The number of hydrogen-bond donors (Lipinski definition) is 0. The summed E-state index contributed by atoms with van der Waals surface area (Å²) in [5.41, 5.74) is 0.574. The van der Waals surface area contributed by atoms with E-state index in [0.29, 0.717) is 14.5 Å². The molecule has 0 bridgehead atoms. The molecule has 0 aliphatic heterocycles. The standard InChI is InChI=1S/C9H7Br2NO4.C2H6/c1-16-9(13)4-6-7(10)2-5(12(14)15)3-8(6)11;1-2/h2-3H,4H2,1H3;1-2H3. The quantitative estimate of drug-likeness (QED) is 0.452. The molecule has 18 heavy (non-hydrogen) atoms. The van der Waals surface area contributed by atoms with Crippen molar-refractivity contribution in [3.05, 3.63) is 36.8 Å². The molecule has 1 aromatic rings. The van der Waals surface area contributed by atoms with Crippen molar-refractivity contribution in [2.24, 2.45) is 0 Å². The maximum atomic E-state index is 11.1. The Kier molecular flexibility index (Phi) is 7.77. The summed E-state index contributed by atoms with van der Waals surface area (Å²) in [5.74, 6) is -0.407. The topological polar surface area (TPSA) is 69.4 Å². The van der Waals surface area contributed by atoms with Crippen LogP contribution in [0.1, 0.15) is 19.4 Å². The van der Waals surface area contributed by atoms with Crippen LogP contribution in [0.15, 0.2) is 21.1 Å². The van der Waals surface area contributed by atoms with Gasteiger partial charge in [0.2, 0.25) is 0 Å². The molecule has 0 aromatic heterocycles. The van der Waals surface area contributed by atoms with Gasteiger partial charge in [-0.15, -0.1) is 0 Å². The number of non-ortho nitro benzene ring substituents is 1. The number of esters is 1. The van der Waals surface area contributed by atoms with Crippen LogP contribution in [-0.2, 0) is 16.0 Å². The normalized spacial score (nSPS) is 9.17. The van der Waals surface area contributed by atoms with Crippen LogP contribution >= 0.6 is 31.9 Å². The van der Waals surface area contributed by atoms with E-state index in [2.05, 4.69) is 36.6 Å². The summed E-state index contributed by atoms with van der Waals surface area (Å²) in [5, 5.41) is 10.6. The van der Waals surface area contributed by atoms with E-state index < -0.39 is 10.9 Å². The first-order valence-corrected chi connectivity index (χ1v) is 6.73. The summed E-state index contributed by atoms with van der Waals surface area (Å²) in [6.07, 6.45) is 0.0513. The highest BCUT2D eigenvalue weighted by molar-refractivity contribution is 9.11. The molecule has 0 atom stereocenters. The maximum Gasteiger partial charge on any atom is 0.310 e. The Balaban J connectivity index is 0.00000137. The van der Waals surface area contributed by atoms with Crippen molar-refractivity contribution in [3.8, 4) is 0 Å². The van der Waals surface area contributed by atoms with Gasteiger partial charge in [-0.25, -0.2) is 0 Å². The Morgan fingerprint density at radius 1 is 1.33 bits per heavy atom. The van der Waals surface area contributed by atoms with Gasteiger partial charge in [0.1, 0.15) is 0 Å². The van der Waals surface area contributed by atoms with Crippen LogP contribution in [0.5, 0.6) is 0 Å². The lowest BCUT2D eigenvalue weighted by Gasteiger charge is -2.06. The van der Waals surface area contributed by atoms with Crippen molar-refractivity contribution in [2.45, 2.75) is 20.3 Å². The zero-order valence-electron chi connectivity index (χ0n) is 10.2. The van der Waals surface area contributed by atoms with E-state index in [-0.39, 0.29) is 12.1 Å². The van der Waals surface area contributed by atoms with Crippen LogP contribution in [0, 0.1) is 10.1 Å². The molecule has 0 saturated heterocycles. The highest BCUT2D eigenvalue weighted by Gasteiger charge is 2.16. The second kappa shape index (κ2) is 8.20. The summed E-state index contributed by atoms with van der Waals surface area (Å²) >= 11 is 6.36. The minimum atomic E-state index is -0.503. The predicted octanol–water partition coefficient (Wildman–Crippen LogP) is 3.86. The molecule has 0 radical (unpaired) electrons. The van der Waals surface area contributed by atoms with E-state index in [1.165, 1.54) is 19.2 Å². The van der Waals surface area contributed by atoms with Crippen LogP contribution in [0.25, 0.3) is 0 Å². The molecule has 5 nitrogen and oxygen atoms in total. The van der Waals surface area contributed by atoms with Crippen LogP contribution < -0.4 is 0 Å². The smallest absolute Gasteiger partial charge is 0.310 e. The highest BCUT2D eigenvalue weighted by Crippen LogP contribution is 2.31. The van der Waals surface area contributed by atoms with Gasteiger partial charge in [-0.05, 0) is 5.56 Å². The molecule has 7 heteroatoms. The summed E-state index contributed by atoms with van der Waals surface area (Å²) in [7, 11) is 1.29. The van der Waals surface area contributed by atoms with Crippen LogP contribution in [-0.4, -0.2) is 18.0 Å². The lowest BCUT2D eigenvalue weighted by atomic mass is 10.1. The van der Waals surface area contributed by atoms with Gasteiger partial charge in [0.25, 0.3) is 5.69 Å². The van der Waals surface area contributed by atoms with Crippen molar-refractivity contribution in [2.75, 3.05) is 7.11 Å². The highest BCUT2D eigenvalue weighted by atomic mass is 79.9. The van der Waals surface area contributed by atoms with Gasteiger partial charge in [0.15, 0.2) is 0 Å². The molecule has 1 aromatic carbocycles. The van der Waals surface area contributed by atoms with E-state index in [1.807, 2.05) is 13.8 Å². The molecule has 0 aliphatic carbocycles. The third-order valence-electron chi connectivity index (χ3n) is 1.89. The van der Waals surface area contributed by atoms with Gasteiger partial charge in [-0.2, -0.15) is 0 Å². The number of nitrogens with zero attached hydrogens (tertiary/aromatic N) is 1. The average molecular weight is 383 g/mol. The molecule has 0 spiro atoms. The lowest BCUT2D eigenvalue weighted by molar-refractivity contribution is -0.385. The predicted molar refractivity (Wildman–Crippen MR) is 75.6 cm³/mol. The van der Waals surface area contributed by atoms with Crippen molar-refractivity contribution in [3.63, 3.8) is 0 Å². The molecule has 1 rings (SSSR count). The first-order valence-electron chi connectivity index (χ1n) is 5.15. The number of methoxy groups -OCH3 is 1. The maximum absolute atomic E-state index is 11.1. The fourth-order valence-electron chi connectivity index (χ4n) is 1.08. The van der Waals surface area contributed by atoms with E-state index in [9.17, 15) is 14.9 Å². The summed E-state index contributed by atoms with van der Waals surface area (Å²) < 4.78 is 5.53. The zero-order chi connectivity index (χ0) is 14.3. The van der Waals surface area contributed by atoms with Crippen molar-refractivity contribution >= 4 is 43.5 Å². The second-order valence-corrected chi connectivity index (χ2v) is 4.61. The van der Waals surface area contributed by atoms with Gasteiger partial charge >= 0.3 is 5.97 Å². The van der Waals surface area contributed by atoms with E-state index >= 15 is 0 Å². The fraction of sp³-hybridized carbons (Fsp3) is 0.364. The molecular formula is C11H13Br2NO4. The molecule has 0 N–H and O–H groups in total. The number of hydrogen-bond acceptors (Lipinski definition) is 4. The van der Waals surface area contributed by atoms with Crippen molar-refractivity contribution in [1.29, 1.82) is 0 Å². The summed E-state index contributed by atoms with van der Waals surface area (Å²) in [6, 6.07) is 2.70. The molecule has 0 unspecified atom stereocenters. The Morgan fingerprint density at radius 3 is 2.11 bits per heavy atom. The Morgan fingerprint density at radius 2 is 1.78 bits per heavy atom. The van der Waals surface area contributed by atoms with Gasteiger partial charge < -0.3 is 4.74 Å². The number of carbonyl (C=O) groups excluding carboxylic acids is 1. The zero-order valence-corrected chi connectivity index (χ0v) is 13.4. The van der Waals surface area contributed by atoms with Crippen LogP contribution in [0.2, 0.25) is 0 Å². The molecule has 100 valence electrons. The number of ether oxygens (including phenoxy) is 1. The third kappa shape index (κ3) is 4.73. The van der Waals surface area contributed by atoms with E-state index in [1.54, 1.807) is 0 Å². The van der Waals surface area contributed by atoms with Gasteiger partial charge in [0.05, 0.1) is 18.5 Å².